The van der Waals surface area contributed by atoms with Crippen molar-refractivity contribution in [3.8, 4) is 0 Å². The van der Waals surface area contributed by atoms with Crippen LogP contribution in [0.15, 0.2) is 35.2 Å². The van der Waals surface area contributed by atoms with Crippen LogP contribution in [0.25, 0.3) is 0 Å². The van der Waals surface area contributed by atoms with Crippen LogP contribution in [0.2, 0.25) is 0 Å². The van der Waals surface area contributed by atoms with Crippen LogP contribution in [0.1, 0.15) is 32.1 Å². The highest BCUT2D eigenvalue weighted by Crippen LogP contribution is 2.18. The first-order chi connectivity index (χ1) is 10.2. The fourth-order valence-electron chi connectivity index (χ4n) is 2.36. The van der Waals surface area contributed by atoms with Gasteiger partial charge in [0.15, 0.2) is 6.61 Å². The second kappa shape index (κ2) is 8.72. The third kappa shape index (κ3) is 6.21. The zero-order valence-electron chi connectivity index (χ0n) is 12.0. The number of ether oxygens (including phenoxy) is 1. The van der Waals surface area contributed by atoms with E-state index in [2.05, 4.69) is 5.32 Å². The molecule has 1 saturated carbocycles. The molecule has 1 aromatic rings. The number of carbonyl (C=O) groups is 2. The Labute approximate surface area is 129 Å². The molecule has 1 aliphatic carbocycles. The first kappa shape index (κ1) is 15.9. The van der Waals surface area contributed by atoms with Crippen LogP contribution < -0.4 is 5.32 Å². The maximum absolute atomic E-state index is 11.7. The predicted molar refractivity (Wildman–Crippen MR) is 83.1 cm³/mol. The van der Waals surface area contributed by atoms with Gasteiger partial charge in [-0.05, 0) is 25.0 Å². The molecule has 4 nitrogen and oxygen atoms in total. The van der Waals surface area contributed by atoms with E-state index in [-0.39, 0.29) is 30.3 Å². The van der Waals surface area contributed by atoms with Crippen molar-refractivity contribution < 1.29 is 14.3 Å². The molecule has 2 rings (SSSR count). The quantitative estimate of drug-likeness (QED) is 0.648. The van der Waals surface area contributed by atoms with Crippen molar-refractivity contribution in [2.24, 2.45) is 0 Å². The lowest BCUT2D eigenvalue weighted by Gasteiger charge is -2.22. The first-order valence-corrected chi connectivity index (χ1v) is 8.35. The summed E-state index contributed by atoms with van der Waals surface area (Å²) >= 11 is 1.41. The number of benzene rings is 1. The van der Waals surface area contributed by atoms with E-state index in [9.17, 15) is 9.59 Å². The van der Waals surface area contributed by atoms with Crippen LogP contribution in [0.4, 0.5) is 0 Å². The van der Waals surface area contributed by atoms with E-state index in [1.54, 1.807) is 0 Å². The summed E-state index contributed by atoms with van der Waals surface area (Å²) < 4.78 is 5.00. The molecule has 0 bridgehead atoms. The Bertz CT molecular complexity index is 458. The van der Waals surface area contributed by atoms with Gasteiger partial charge < -0.3 is 10.1 Å². The number of carbonyl (C=O) groups excluding carboxylic acids is 2. The topological polar surface area (TPSA) is 55.4 Å². The van der Waals surface area contributed by atoms with Crippen LogP contribution in [0, 0.1) is 0 Å². The lowest BCUT2D eigenvalue weighted by atomic mass is 9.95. The second-order valence-corrected chi connectivity index (χ2v) is 6.21. The maximum Gasteiger partial charge on any atom is 0.316 e. The standard InChI is InChI=1S/C16H21NO3S/c18-15(17-13-7-3-1-4-8-13)11-20-16(19)12-21-14-9-5-2-6-10-14/h2,5-6,9-10,13H,1,3-4,7-8,11-12H2,(H,17,18). The van der Waals surface area contributed by atoms with Gasteiger partial charge in [-0.3, -0.25) is 9.59 Å². The lowest BCUT2D eigenvalue weighted by molar-refractivity contribution is -0.146. The molecule has 0 aliphatic heterocycles. The van der Waals surface area contributed by atoms with Crippen molar-refractivity contribution in [3.05, 3.63) is 30.3 Å². The van der Waals surface area contributed by atoms with Gasteiger partial charge in [0.25, 0.3) is 5.91 Å². The molecule has 0 heterocycles. The molecule has 0 radical (unpaired) electrons. The van der Waals surface area contributed by atoms with E-state index < -0.39 is 0 Å². The monoisotopic (exact) mass is 307 g/mol. The van der Waals surface area contributed by atoms with Crippen molar-refractivity contribution in [2.45, 2.75) is 43.0 Å². The summed E-state index contributed by atoms with van der Waals surface area (Å²) in [6.07, 6.45) is 5.64. The average molecular weight is 307 g/mol. The molecule has 1 fully saturated rings. The molecule has 1 aliphatic rings. The Morgan fingerprint density at radius 1 is 1.14 bits per heavy atom. The Morgan fingerprint density at radius 3 is 2.57 bits per heavy atom. The molecule has 0 spiro atoms. The molecule has 21 heavy (non-hydrogen) atoms. The minimum Gasteiger partial charge on any atom is -0.455 e. The van der Waals surface area contributed by atoms with Gasteiger partial charge in [0, 0.05) is 10.9 Å². The Balaban J connectivity index is 1.60. The Hall–Kier alpha value is -1.49. The van der Waals surface area contributed by atoms with E-state index >= 15 is 0 Å². The van der Waals surface area contributed by atoms with Gasteiger partial charge in [-0.1, -0.05) is 37.5 Å². The number of rotatable bonds is 6. The third-order valence-electron chi connectivity index (χ3n) is 3.43. The smallest absolute Gasteiger partial charge is 0.316 e. The van der Waals surface area contributed by atoms with Crippen LogP contribution in [0.5, 0.6) is 0 Å². The highest BCUT2D eigenvalue weighted by molar-refractivity contribution is 8.00. The zero-order chi connectivity index (χ0) is 14.9. The molecule has 1 N–H and O–H groups in total. The van der Waals surface area contributed by atoms with Crippen molar-refractivity contribution in [2.75, 3.05) is 12.4 Å². The fourth-order valence-corrected chi connectivity index (χ4v) is 3.08. The summed E-state index contributed by atoms with van der Waals surface area (Å²) in [5.74, 6) is -0.330. The van der Waals surface area contributed by atoms with Crippen molar-refractivity contribution in [1.29, 1.82) is 0 Å². The largest absolute Gasteiger partial charge is 0.455 e. The van der Waals surface area contributed by atoms with Crippen molar-refractivity contribution >= 4 is 23.6 Å². The van der Waals surface area contributed by atoms with Crippen LogP contribution in [-0.2, 0) is 14.3 Å². The summed E-state index contributed by atoms with van der Waals surface area (Å²) in [5.41, 5.74) is 0. The van der Waals surface area contributed by atoms with Gasteiger partial charge in [0.05, 0.1) is 5.75 Å². The van der Waals surface area contributed by atoms with E-state index in [4.69, 9.17) is 4.74 Å². The van der Waals surface area contributed by atoms with E-state index in [1.807, 2.05) is 30.3 Å². The van der Waals surface area contributed by atoms with Gasteiger partial charge in [0.1, 0.15) is 0 Å². The zero-order valence-corrected chi connectivity index (χ0v) is 12.9. The molecule has 1 aromatic carbocycles. The minimum atomic E-state index is -0.359. The fraction of sp³-hybridized carbons (Fsp3) is 0.500. The highest BCUT2D eigenvalue weighted by atomic mass is 32.2. The van der Waals surface area contributed by atoms with Crippen molar-refractivity contribution in [1.82, 2.24) is 5.32 Å². The summed E-state index contributed by atoms with van der Waals surface area (Å²) in [6, 6.07) is 9.90. The number of nitrogens with one attached hydrogen (secondary N) is 1. The average Bonchev–Trinajstić information content (AvgIpc) is 2.53. The number of esters is 1. The minimum absolute atomic E-state index is 0.176. The van der Waals surface area contributed by atoms with Gasteiger partial charge in [-0.15, -0.1) is 11.8 Å². The molecular weight excluding hydrogens is 286 g/mol. The third-order valence-corrected chi connectivity index (χ3v) is 4.42. The predicted octanol–water partition coefficient (Wildman–Crippen LogP) is 2.77. The SMILES string of the molecule is O=C(COC(=O)CSc1ccccc1)NC1CCCCC1. The maximum atomic E-state index is 11.7. The van der Waals surface area contributed by atoms with Crippen LogP contribution >= 0.6 is 11.8 Å². The van der Waals surface area contributed by atoms with E-state index in [0.717, 1.165) is 17.7 Å². The molecule has 114 valence electrons. The Kier molecular flexibility index (Phi) is 6.60. The van der Waals surface area contributed by atoms with E-state index in [0.29, 0.717) is 0 Å². The number of hydrogen-bond acceptors (Lipinski definition) is 4. The van der Waals surface area contributed by atoms with Crippen LogP contribution in [-0.4, -0.2) is 30.3 Å². The number of hydrogen-bond donors (Lipinski definition) is 1. The van der Waals surface area contributed by atoms with Gasteiger partial charge in [-0.2, -0.15) is 0 Å². The number of amides is 1. The Morgan fingerprint density at radius 2 is 1.86 bits per heavy atom. The molecule has 0 unspecified atom stereocenters. The molecular formula is C16H21NO3S. The second-order valence-electron chi connectivity index (χ2n) is 5.16. The molecule has 5 heteroatoms. The van der Waals surface area contributed by atoms with E-state index in [1.165, 1.54) is 31.0 Å². The van der Waals surface area contributed by atoms with Gasteiger partial charge >= 0.3 is 5.97 Å². The van der Waals surface area contributed by atoms with Gasteiger partial charge in [0.2, 0.25) is 0 Å². The molecule has 1 amide bonds. The highest BCUT2D eigenvalue weighted by Gasteiger charge is 2.16. The first-order valence-electron chi connectivity index (χ1n) is 7.37. The normalized spacial score (nSPS) is 15.4. The summed E-state index contributed by atoms with van der Waals surface area (Å²) in [5, 5.41) is 2.93. The van der Waals surface area contributed by atoms with Crippen molar-refractivity contribution in [3.63, 3.8) is 0 Å². The van der Waals surface area contributed by atoms with Gasteiger partial charge in [-0.25, -0.2) is 0 Å². The summed E-state index contributed by atoms with van der Waals surface area (Å²) in [6.45, 7) is -0.176. The molecule has 0 aromatic heterocycles. The summed E-state index contributed by atoms with van der Waals surface area (Å²) in [7, 11) is 0. The van der Waals surface area contributed by atoms with Crippen LogP contribution in [0.3, 0.4) is 0 Å². The molecule has 0 saturated heterocycles. The molecule has 0 atom stereocenters. The number of thioether (sulfide) groups is 1. The summed E-state index contributed by atoms with van der Waals surface area (Å²) in [4.78, 5) is 24.3. The lowest BCUT2D eigenvalue weighted by Crippen LogP contribution is -2.38.